The van der Waals surface area contributed by atoms with Gasteiger partial charge in [-0.3, -0.25) is 14.6 Å². The van der Waals surface area contributed by atoms with E-state index in [1.165, 1.54) is 5.56 Å². The number of nitrogens with zero attached hydrogens (tertiary/aromatic N) is 2. The zero-order valence-corrected chi connectivity index (χ0v) is 21.1. The molecular weight excluding hydrogens is 475 g/mol. The average Bonchev–Trinajstić information content (AvgIpc) is 2.82. The van der Waals surface area contributed by atoms with E-state index in [4.69, 9.17) is 4.74 Å². The monoisotopic (exact) mass is 504 g/mol. The third-order valence-corrected chi connectivity index (χ3v) is 6.64. The van der Waals surface area contributed by atoms with Crippen molar-refractivity contribution in [3.63, 3.8) is 0 Å². The summed E-state index contributed by atoms with van der Waals surface area (Å²) in [7, 11) is 1.66. The SMILES string of the molecule is COc1ccc(Sc2ccccc2C(=O)CN2CCN(Cc3ccccc3)CC2)cc1.Cl.Cl. The number of rotatable bonds is 8. The van der Waals surface area contributed by atoms with Crippen molar-refractivity contribution < 1.29 is 9.53 Å². The van der Waals surface area contributed by atoms with E-state index in [-0.39, 0.29) is 30.6 Å². The molecule has 0 spiro atoms. The van der Waals surface area contributed by atoms with Crippen molar-refractivity contribution >= 4 is 42.4 Å². The van der Waals surface area contributed by atoms with Crippen LogP contribution in [0.15, 0.2) is 88.7 Å². The van der Waals surface area contributed by atoms with E-state index in [0.29, 0.717) is 6.54 Å². The van der Waals surface area contributed by atoms with E-state index in [1.54, 1.807) is 18.9 Å². The summed E-state index contributed by atoms with van der Waals surface area (Å²) in [5.74, 6) is 1.02. The number of hydrogen-bond acceptors (Lipinski definition) is 5. The highest BCUT2D eigenvalue weighted by Crippen LogP contribution is 2.31. The maximum atomic E-state index is 13.1. The number of carbonyl (C=O) groups is 1. The minimum Gasteiger partial charge on any atom is -0.497 e. The van der Waals surface area contributed by atoms with Crippen LogP contribution in [0, 0.1) is 0 Å². The van der Waals surface area contributed by atoms with Crippen LogP contribution in [0.3, 0.4) is 0 Å². The van der Waals surface area contributed by atoms with Crippen LogP contribution in [-0.4, -0.2) is 55.4 Å². The van der Waals surface area contributed by atoms with Crippen LogP contribution >= 0.6 is 36.6 Å². The number of ether oxygens (including phenoxy) is 1. The van der Waals surface area contributed by atoms with E-state index >= 15 is 0 Å². The molecule has 0 unspecified atom stereocenters. The third kappa shape index (κ3) is 7.76. The van der Waals surface area contributed by atoms with Crippen LogP contribution in [0.2, 0.25) is 0 Å². The minimum absolute atomic E-state index is 0. The molecule has 0 aromatic heterocycles. The lowest BCUT2D eigenvalue weighted by atomic mass is 10.1. The molecule has 1 saturated heterocycles. The highest BCUT2D eigenvalue weighted by molar-refractivity contribution is 7.99. The Bertz CT molecular complexity index is 995. The molecule has 0 amide bonds. The number of hydrogen-bond donors (Lipinski definition) is 0. The lowest BCUT2D eigenvalue weighted by Gasteiger charge is -2.34. The molecule has 0 radical (unpaired) electrons. The molecule has 7 heteroatoms. The first-order valence-corrected chi connectivity index (χ1v) is 11.5. The summed E-state index contributed by atoms with van der Waals surface area (Å²) in [6.45, 7) is 5.27. The van der Waals surface area contributed by atoms with Crippen molar-refractivity contribution in [2.75, 3.05) is 39.8 Å². The van der Waals surface area contributed by atoms with E-state index < -0.39 is 0 Å². The first-order chi connectivity index (χ1) is 15.2. The van der Waals surface area contributed by atoms with Crippen LogP contribution in [-0.2, 0) is 6.54 Å². The van der Waals surface area contributed by atoms with Crippen molar-refractivity contribution in [3.8, 4) is 5.75 Å². The molecule has 0 saturated carbocycles. The maximum absolute atomic E-state index is 13.1. The number of halogens is 2. The fourth-order valence-electron chi connectivity index (χ4n) is 3.79. The molecule has 3 aromatic rings. The zero-order chi connectivity index (χ0) is 21.5. The second-order valence-corrected chi connectivity index (χ2v) is 8.85. The van der Waals surface area contributed by atoms with Gasteiger partial charge in [-0.25, -0.2) is 0 Å². The molecule has 0 aliphatic carbocycles. The van der Waals surface area contributed by atoms with Gasteiger partial charge in [-0.05, 0) is 35.9 Å². The minimum atomic E-state index is 0. The van der Waals surface area contributed by atoms with Crippen LogP contribution in [0.1, 0.15) is 15.9 Å². The second kappa shape index (κ2) is 13.6. The van der Waals surface area contributed by atoms with E-state index in [9.17, 15) is 4.79 Å². The van der Waals surface area contributed by atoms with Gasteiger partial charge in [0.2, 0.25) is 0 Å². The van der Waals surface area contributed by atoms with Crippen molar-refractivity contribution in [3.05, 3.63) is 90.0 Å². The fourth-order valence-corrected chi connectivity index (χ4v) is 4.76. The van der Waals surface area contributed by atoms with Gasteiger partial charge in [0.25, 0.3) is 0 Å². The molecule has 33 heavy (non-hydrogen) atoms. The van der Waals surface area contributed by atoms with Gasteiger partial charge >= 0.3 is 0 Å². The molecule has 4 nitrogen and oxygen atoms in total. The highest BCUT2D eigenvalue weighted by Gasteiger charge is 2.21. The van der Waals surface area contributed by atoms with Crippen molar-refractivity contribution in [1.82, 2.24) is 9.80 Å². The summed E-state index contributed by atoms with van der Waals surface area (Å²) in [5, 5.41) is 0. The number of benzene rings is 3. The lowest BCUT2D eigenvalue weighted by Crippen LogP contribution is -2.47. The summed E-state index contributed by atoms with van der Waals surface area (Å²) in [6.07, 6.45) is 0. The Hall–Kier alpha value is -2.02. The smallest absolute Gasteiger partial charge is 0.177 e. The lowest BCUT2D eigenvalue weighted by molar-refractivity contribution is 0.0841. The standard InChI is InChI=1S/C26H28N2O2S.2ClH/c1-30-22-11-13-23(14-12-22)31-26-10-6-5-9-24(26)25(29)20-28-17-15-27(16-18-28)19-21-7-3-2-4-8-21;;/h2-14H,15-20H2,1H3;2*1H. The molecule has 1 fully saturated rings. The van der Waals surface area contributed by atoms with Crippen LogP contribution in [0.4, 0.5) is 0 Å². The van der Waals surface area contributed by atoms with Gasteiger partial charge in [-0.1, -0.05) is 60.3 Å². The Morgan fingerprint density at radius 2 is 1.42 bits per heavy atom. The molecule has 4 rings (SSSR count). The summed E-state index contributed by atoms with van der Waals surface area (Å²) in [5.41, 5.74) is 2.14. The summed E-state index contributed by atoms with van der Waals surface area (Å²) >= 11 is 1.62. The van der Waals surface area contributed by atoms with Gasteiger partial charge in [-0.15, -0.1) is 24.8 Å². The Labute approximate surface area is 213 Å². The topological polar surface area (TPSA) is 32.8 Å². The quantitative estimate of drug-likeness (QED) is 0.368. The van der Waals surface area contributed by atoms with Crippen molar-refractivity contribution in [2.45, 2.75) is 16.3 Å². The molecule has 0 bridgehead atoms. The number of ketones is 1. The molecule has 3 aromatic carbocycles. The van der Waals surface area contributed by atoms with Crippen LogP contribution in [0.25, 0.3) is 0 Å². The van der Waals surface area contributed by atoms with Gasteiger partial charge in [-0.2, -0.15) is 0 Å². The molecule has 1 aliphatic heterocycles. The molecule has 0 atom stereocenters. The van der Waals surface area contributed by atoms with Gasteiger partial charge < -0.3 is 4.74 Å². The number of methoxy groups -OCH3 is 1. The summed E-state index contributed by atoms with van der Waals surface area (Å²) in [4.78, 5) is 19.9. The predicted molar refractivity (Wildman–Crippen MR) is 141 cm³/mol. The fraction of sp³-hybridized carbons (Fsp3) is 0.269. The Balaban J connectivity index is 0.00000193. The normalized spacial score (nSPS) is 14.1. The van der Waals surface area contributed by atoms with E-state index in [0.717, 1.165) is 53.8 Å². The third-order valence-electron chi connectivity index (χ3n) is 5.56. The van der Waals surface area contributed by atoms with Gasteiger partial charge in [0, 0.05) is 48.1 Å². The average molecular weight is 506 g/mol. The Morgan fingerprint density at radius 1 is 0.818 bits per heavy atom. The zero-order valence-electron chi connectivity index (χ0n) is 18.7. The van der Waals surface area contributed by atoms with Crippen LogP contribution < -0.4 is 4.74 Å². The first-order valence-electron chi connectivity index (χ1n) is 10.6. The largest absolute Gasteiger partial charge is 0.497 e. The summed E-state index contributed by atoms with van der Waals surface area (Å²) < 4.78 is 5.23. The number of Topliss-reactive ketones (excluding diaryl/α,β-unsaturated/α-hetero) is 1. The maximum Gasteiger partial charge on any atom is 0.177 e. The second-order valence-electron chi connectivity index (χ2n) is 7.73. The molecule has 1 aliphatic rings. The summed E-state index contributed by atoms with van der Waals surface area (Å²) in [6, 6.07) is 26.4. The van der Waals surface area contributed by atoms with Crippen molar-refractivity contribution in [1.29, 1.82) is 0 Å². The van der Waals surface area contributed by atoms with Gasteiger partial charge in [0.1, 0.15) is 5.75 Å². The molecule has 176 valence electrons. The van der Waals surface area contributed by atoms with Crippen molar-refractivity contribution in [2.24, 2.45) is 0 Å². The Kier molecular flexibility index (Phi) is 11.2. The molecule has 0 N–H and O–H groups in total. The van der Waals surface area contributed by atoms with Crippen LogP contribution in [0.5, 0.6) is 5.75 Å². The van der Waals surface area contributed by atoms with E-state index in [1.807, 2.05) is 48.5 Å². The first kappa shape index (κ1) is 27.2. The molecule has 1 heterocycles. The van der Waals surface area contributed by atoms with E-state index in [2.05, 4.69) is 40.1 Å². The van der Waals surface area contributed by atoms with Gasteiger partial charge in [0.15, 0.2) is 5.78 Å². The highest BCUT2D eigenvalue weighted by atomic mass is 35.5. The van der Waals surface area contributed by atoms with Gasteiger partial charge in [0.05, 0.1) is 13.7 Å². The molecular formula is C26H30Cl2N2O2S. The Morgan fingerprint density at radius 3 is 2.09 bits per heavy atom. The number of carbonyl (C=O) groups excluding carboxylic acids is 1. The predicted octanol–water partition coefficient (Wildman–Crippen LogP) is 5.69. The number of piperazine rings is 1.